The third-order valence-electron chi connectivity index (χ3n) is 1.99. The number of carbonyl (C=O) groups is 2. The van der Waals surface area contributed by atoms with Crippen molar-refractivity contribution < 1.29 is 9.59 Å². The molecule has 0 atom stereocenters. The third kappa shape index (κ3) is 1.74. The second-order valence-corrected chi connectivity index (χ2v) is 2.91. The van der Waals surface area contributed by atoms with Crippen LogP contribution in [0.15, 0.2) is 18.2 Å². The highest BCUT2D eigenvalue weighted by Crippen LogP contribution is 2.18. The summed E-state index contributed by atoms with van der Waals surface area (Å²) < 4.78 is 0. The van der Waals surface area contributed by atoms with Crippen LogP contribution in [0.2, 0.25) is 0 Å². The highest BCUT2D eigenvalue weighted by molar-refractivity contribution is 6.07. The van der Waals surface area contributed by atoms with Crippen LogP contribution in [-0.4, -0.2) is 11.7 Å². The maximum absolute atomic E-state index is 11.4. The van der Waals surface area contributed by atoms with Gasteiger partial charge in [-0.2, -0.15) is 0 Å². The number of benzene rings is 1. The van der Waals surface area contributed by atoms with Gasteiger partial charge in [0.2, 0.25) is 0 Å². The van der Waals surface area contributed by atoms with E-state index in [1.807, 2.05) is 0 Å². The molecule has 0 unspecified atom stereocenters. The first-order valence-electron chi connectivity index (χ1n) is 4.29. The summed E-state index contributed by atoms with van der Waals surface area (Å²) in [6, 6.07) is 4.69. The number of amides is 1. The molecule has 4 N–H and O–H groups in total. The molecule has 1 aromatic carbocycles. The maximum Gasteiger partial charge on any atom is 0.250 e. The quantitative estimate of drug-likeness (QED) is 0.552. The molecule has 0 radical (unpaired) electrons. The Labute approximate surface area is 81.9 Å². The molecule has 14 heavy (non-hydrogen) atoms. The molecule has 1 aromatic rings. The van der Waals surface area contributed by atoms with Crippen molar-refractivity contribution in [2.24, 2.45) is 5.73 Å². The molecule has 0 saturated carbocycles. The minimum Gasteiger partial charge on any atom is -0.397 e. The molecule has 74 valence electrons. The first-order valence-corrected chi connectivity index (χ1v) is 4.29. The van der Waals surface area contributed by atoms with Gasteiger partial charge in [-0.1, -0.05) is 13.0 Å². The number of hydrogen-bond donors (Lipinski definition) is 2. The van der Waals surface area contributed by atoms with Crippen LogP contribution in [0.25, 0.3) is 0 Å². The van der Waals surface area contributed by atoms with E-state index in [2.05, 4.69) is 0 Å². The molecule has 0 fully saturated rings. The lowest BCUT2D eigenvalue weighted by Gasteiger charge is -2.06. The number of hydrogen-bond acceptors (Lipinski definition) is 3. The number of Topliss-reactive ketones (excluding diaryl/α,β-unsaturated/α-hetero) is 1. The van der Waals surface area contributed by atoms with Crippen molar-refractivity contribution in [3.63, 3.8) is 0 Å². The summed E-state index contributed by atoms with van der Waals surface area (Å²) in [4.78, 5) is 22.3. The Morgan fingerprint density at radius 2 is 1.86 bits per heavy atom. The number of anilines is 1. The van der Waals surface area contributed by atoms with Crippen molar-refractivity contribution in [2.75, 3.05) is 5.73 Å². The minimum absolute atomic E-state index is 0.0920. The van der Waals surface area contributed by atoms with Gasteiger partial charge in [0.25, 0.3) is 5.91 Å². The number of para-hydroxylation sites is 1. The second kappa shape index (κ2) is 3.91. The second-order valence-electron chi connectivity index (χ2n) is 2.91. The lowest BCUT2D eigenvalue weighted by Crippen LogP contribution is -2.15. The summed E-state index contributed by atoms with van der Waals surface area (Å²) in [6.07, 6.45) is 0.354. The molecule has 0 aliphatic heterocycles. The van der Waals surface area contributed by atoms with Gasteiger partial charge in [-0.15, -0.1) is 0 Å². The van der Waals surface area contributed by atoms with Gasteiger partial charge in [-0.05, 0) is 12.1 Å². The van der Waals surface area contributed by atoms with Gasteiger partial charge in [0.1, 0.15) is 0 Å². The Balaban J connectivity index is 3.27. The van der Waals surface area contributed by atoms with Gasteiger partial charge < -0.3 is 11.5 Å². The molecule has 0 spiro atoms. The molecule has 0 heterocycles. The summed E-state index contributed by atoms with van der Waals surface area (Å²) in [6.45, 7) is 1.73. The van der Waals surface area contributed by atoms with Crippen molar-refractivity contribution in [2.45, 2.75) is 13.3 Å². The fraction of sp³-hybridized carbons (Fsp3) is 0.200. The first-order chi connectivity index (χ1) is 6.57. The fourth-order valence-electron chi connectivity index (χ4n) is 1.21. The van der Waals surface area contributed by atoms with E-state index in [4.69, 9.17) is 11.5 Å². The summed E-state index contributed by atoms with van der Waals surface area (Å²) in [5.41, 5.74) is 11.5. The van der Waals surface area contributed by atoms with Crippen molar-refractivity contribution in [3.8, 4) is 0 Å². The van der Waals surface area contributed by atoms with E-state index < -0.39 is 5.91 Å². The van der Waals surface area contributed by atoms with E-state index in [0.717, 1.165) is 0 Å². The summed E-state index contributed by atoms with van der Waals surface area (Å²) in [5.74, 6) is -0.709. The Bertz CT molecular complexity index is 386. The highest BCUT2D eigenvalue weighted by Gasteiger charge is 2.13. The van der Waals surface area contributed by atoms with Crippen LogP contribution in [0.3, 0.4) is 0 Å². The zero-order valence-electron chi connectivity index (χ0n) is 7.91. The van der Waals surface area contributed by atoms with Crippen LogP contribution in [0.4, 0.5) is 5.69 Å². The van der Waals surface area contributed by atoms with Crippen LogP contribution in [0.5, 0.6) is 0 Å². The van der Waals surface area contributed by atoms with E-state index in [0.29, 0.717) is 12.0 Å². The fourth-order valence-corrected chi connectivity index (χ4v) is 1.21. The van der Waals surface area contributed by atoms with E-state index in [1.165, 1.54) is 6.07 Å². The zero-order chi connectivity index (χ0) is 10.7. The summed E-state index contributed by atoms with van der Waals surface area (Å²) >= 11 is 0. The smallest absolute Gasteiger partial charge is 0.250 e. The molecule has 0 aliphatic rings. The van der Waals surface area contributed by atoms with Gasteiger partial charge >= 0.3 is 0 Å². The molecule has 0 aliphatic carbocycles. The largest absolute Gasteiger partial charge is 0.397 e. The Morgan fingerprint density at radius 1 is 1.29 bits per heavy atom. The molecule has 0 aromatic heterocycles. The molecule has 0 bridgehead atoms. The van der Waals surface area contributed by atoms with Crippen LogP contribution < -0.4 is 11.5 Å². The number of carbonyl (C=O) groups excluding carboxylic acids is 2. The van der Waals surface area contributed by atoms with Crippen LogP contribution >= 0.6 is 0 Å². The Kier molecular flexibility index (Phi) is 2.86. The topological polar surface area (TPSA) is 86.2 Å². The number of primary amides is 1. The molecular weight excluding hydrogens is 180 g/mol. The van der Waals surface area contributed by atoms with Crippen molar-refractivity contribution in [3.05, 3.63) is 29.3 Å². The Hall–Kier alpha value is -1.84. The van der Waals surface area contributed by atoms with Crippen LogP contribution in [0.1, 0.15) is 34.1 Å². The summed E-state index contributed by atoms with van der Waals surface area (Å²) in [7, 11) is 0. The van der Waals surface area contributed by atoms with Gasteiger partial charge in [0.15, 0.2) is 5.78 Å². The van der Waals surface area contributed by atoms with Gasteiger partial charge in [0, 0.05) is 12.0 Å². The monoisotopic (exact) mass is 192 g/mol. The molecular formula is C10H12N2O2. The van der Waals surface area contributed by atoms with E-state index >= 15 is 0 Å². The minimum atomic E-state index is -0.617. The average Bonchev–Trinajstić information content (AvgIpc) is 2.16. The van der Waals surface area contributed by atoms with Crippen LogP contribution in [0, 0.1) is 0 Å². The number of nitrogen functional groups attached to an aromatic ring is 1. The molecule has 1 rings (SSSR count). The van der Waals surface area contributed by atoms with Gasteiger partial charge in [-0.25, -0.2) is 0 Å². The lowest BCUT2D eigenvalue weighted by molar-refractivity contribution is 0.0988. The zero-order valence-corrected chi connectivity index (χ0v) is 7.91. The number of nitrogens with two attached hydrogens (primary N) is 2. The van der Waals surface area contributed by atoms with Crippen LogP contribution in [-0.2, 0) is 0 Å². The predicted molar refractivity (Wildman–Crippen MR) is 54.0 cm³/mol. The predicted octanol–water partition coefficient (Wildman–Crippen LogP) is 0.960. The SMILES string of the molecule is CCC(=O)c1cccc(C(N)=O)c1N. The normalized spacial score (nSPS) is 9.79. The van der Waals surface area contributed by atoms with Crippen molar-refractivity contribution >= 4 is 17.4 Å². The van der Waals surface area contributed by atoms with E-state index in [-0.39, 0.29) is 17.0 Å². The highest BCUT2D eigenvalue weighted by atomic mass is 16.1. The Morgan fingerprint density at radius 3 is 2.36 bits per heavy atom. The molecule has 4 nitrogen and oxygen atoms in total. The molecule has 1 amide bonds. The average molecular weight is 192 g/mol. The maximum atomic E-state index is 11.4. The summed E-state index contributed by atoms with van der Waals surface area (Å²) in [5, 5.41) is 0. The molecule has 4 heteroatoms. The third-order valence-corrected chi connectivity index (χ3v) is 1.99. The first kappa shape index (κ1) is 10.2. The number of ketones is 1. The van der Waals surface area contributed by atoms with Gasteiger partial charge in [0.05, 0.1) is 11.3 Å². The number of rotatable bonds is 3. The van der Waals surface area contributed by atoms with Gasteiger partial charge in [-0.3, -0.25) is 9.59 Å². The standard InChI is InChI=1S/C10H12N2O2/c1-2-8(13)6-4-3-5-7(9(6)11)10(12)14/h3-5H,2,11H2,1H3,(H2,12,14). The van der Waals surface area contributed by atoms with Crippen molar-refractivity contribution in [1.82, 2.24) is 0 Å². The van der Waals surface area contributed by atoms with E-state index in [9.17, 15) is 9.59 Å². The van der Waals surface area contributed by atoms with E-state index in [1.54, 1.807) is 19.1 Å². The van der Waals surface area contributed by atoms with Crippen molar-refractivity contribution in [1.29, 1.82) is 0 Å². The molecule has 0 saturated heterocycles. The lowest BCUT2D eigenvalue weighted by atomic mass is 10.0.